The van der Waals surface area contributed by atoms with Crippen LogP contribution in [0.2, 0.25) is 0 Å². The molecule has 2 aromatic rings. The Bertz CT molecular complexity index is 1670. The first-order valence-electron chi connectivity index (χ1n) is 19.6. The molecule has 2 fully saturated rings. The van der Waals surface area contributed by atoms with Gasteiger partial charge in [-0.1, -0.05) is 45.0 Å². The summed E-state index contributed by atoms with van der Waals surface area (Å²) < 4.78 is 21.9. The summed E-state index contributed by atoms with van der Waals surface area (Å²) in [5.41, 5.74) is 4.03. The van der Waals surface area contributed by atoms with Crippen LogP contribution in [0.3, 0.4) is 0 Å². The van der Waals surface area contributed by atoms with Crippen LogP contribution in [0.15, 0.2) is 29.8 Å². The van der Waals surface area contributed by atoms with Crippen LogP contribution in [-0.4, -0.2) is 116 Å². The second-order valence-electron chi connectivity index (χ2n) is 15.7. The monoisotopic (exact) mass is 795 g/mol. The van der Waals surface area contributed by atoms with E-state index in [4.69, 9.17) is 18.9 Å². The van der Waals surface area contributed by atoms with Gasteiger partial charge in [0.2, 0.25) is 17.7 Å². The number of β-amino-alcohol motifs (C(OH)–C–C–N with tert-alkyl or cyclic N) is 1. The van der Waals surface area contributed by atoms with Gasteiger partial charge in [0.05, 0.1) is 61.8 Å². The number of benzene rings is 1. The molecule has 1 aliphatic heterocycles. The summed E-state index contributed by atoms with van der Waals surface area (Å²) in [6.07, 6.45) is 2.85. The Hall–Kier alpha value is -4.07. The second kappa shape index (κ2) is 20.9. The maximum Gasteiger partial charge on any atom is 0.407 e. The maximum absolute atomic E-state index is 13.8. The van der Waals surface area contributed by atoms with Gasteiger partial charge >= 0.3 is 6.09 Å². The summed E-state index contributed by atoms with van der Waals surface area (Å²) in [5.74, 6) is 6.79. The lowest BCUT2D eigenvalue weighted by atomic mass is 9.85. The van der Waals surface area contributed by atoms with E-state index < -0.39 is 41.5 Å². The fraction of sp³-hybridized carbons (Fsp3) is 0.634. The van der Waals surface area contributed by atoms with Crippen molar-refractivity contribution in [1.29, 1.82) is 0 Å². The molecule has 1 aromatic carbocycles. The summed E-state index contributed by atoms with van der Waals surface area (Å²) in [6, 6.07) is 6.02. The van der Waals surface area contributed by atoms with Crippen LogP contribution in [-0.2, 0) is 39.9 Å². The highest BCUT2D eigenvalue weighted by Gasteiger charge is 2.49. The van der Waals surface area contributed by atoms with Crippen LogP contribution < -0.4 is 16.0 Å². The standard InChI is InChI=1S/C41H57N5O9S/c1-27-36(56-26-44-27)29-13-11-28(12-14-29)22-43-38(49)34-21-30(47)23-46(34)39(50)37(41(2,3)4)45-35(48)25-54-20-19-53-18-17-52-16-15-42-40(51)55-24-33-31-9-7-5-6-8-10-32(31)33/h11-14,26,30-34,37,47H,7-10,15-25H2,1-4H3,(H,42,51)(H,43,49)(H,45,48)/t30-,31-,32+,33?,34+,37-/m1/s1. The van der Waals surface area contributed by atoms with Gasteiger partial charge in [-0.3, -0.25) is 14.4 Å². The molecule has 1 aromatic heterocycles. The Balaban J connectivity index is 0.931. The maximum atomic E-state index is 13.8. The molecule has 4 amide bonds. The topological polar surface area (TPSA) is 178 Å². The Morgan fingerprint density at radius 2 is 1.62 bits per heavy atom. The highest BCUT2D eigenvalue weighted by molar-refractivity contribution is 7.13. The third kappa shape index (κ3) is 12.7. The zero-order chi connectivity index (χ0) is 40.1. The summed E-state index contributed by atoms with van der Waals surface area (Å²) in [7, 11) is 0. The number of rotatable bonds is 19. The normalized spacial score (nSPS) is 22.1. The van der Waals surface area contributed by atoms with Gasteiger partial charge in [-0.05, 0) is 54.1 Å². The molecular weight excluding hydrogens is 739 g/mol. The molecule has 1 saturated heterocycles. The van der Waals surface area contributed by atoms with E-state index in [0.717, 1.165) is 47.4 Å². The molecule has 0 spiro atoms. The van der Waals surface area contributed by atoms with Crippen molar-refractivity contribution in [1.82, 2.24) is 25.8 Å². The molecule has 6 atom stereocenters. The first-order valence-corrected chi connectivity index (χ1v) is 20.4. The number of nitrogens with one attached hydrogen (secondary N) is 3. The molecule has 5 rings (SSSR count). The minimum absolute atomic E-state index is 0.0132. The molecular formula is C41H57N5O9S. The Kier molecular flexibility index (Phi) is 16.1. The van der Waals surface area contributed by atoms with E-state index in [1.807, 2.05) is 57.5 Å². The highest BCUT2D eigenvalue weighted by Crippen LogP contribution is 2.52. The number of carbonyl (C=O) groups is 4. The zero-order valence-electron chi connectivity index (χ0n) is 33.0. The van der Waals surface area contributed by atoms with E-state index in [-0.39, 0.29) is 45.2 Å². The molecule has 2 heterocycles. The molecule has 14 nitrogen and oxygen atoms in total. The number of thiazole rings is 1. The van der Waals surface area contributed by atoms with E-state index in [2.05, 4.69) is 32.8 Å². The predicted octanol–water partition coefficient (Wildman–Crippen LogP) is 3.44. The van der Waals surface area contributed by atoms with Gasteiger partial charge in [0, 0.05) is 38.9 Å². The van der Waals surface area contributed by atoms with Crippen molar-refractivity contribution in [2.24, 2.45) is 23.2 Å². The molecule has 0 bridgehead atoms. The third-order valence-corrected chi connectivity index (χ3v) is 11.4. The number of ether oxygens (including phenoxy) is 4. The molecule has 306 valence electrons. The quantitative estimate of drug-likeness (QED) is 0.122. The van der Waals surface area contributed by atoms with Gasteiger partial charge in [-0.15, -0.1) is 23.2 Å². The number of aliphatic hydroxyl groups is 1. The van der Waals surface area contributed by atoms with Gasteiger partial charge in [0.25, 0.3) is 0 Å². The lowest BCUT2D eigenvalue weighted by Crippen LogP contribution is -2.58. The van der Waals surface area contributed by atoms with Crippen LogP contribution in [0.1, 0.15) is 64.1 Å². The molecule has 0 radical (unpaired) electrons. The minimum atomic E-state index is -0.959. The number of carbonyl (C=O) groups excluding carboxylic acids is 4. The lowest BCUT2D eigenvalue weighted by molar-refractivity contribution is -0.144. The fourth-order valence-corrected chi connectivity index (χ4v) is 8.13. The van der Waals surface area contributed by atoms with E-state index in [0.29, 0.717) is 50.7 Å². The fourth-order valence-electron chi connectivity index (χ4n) is 7.32. The van der Waals surface area contributed by atoms with Crippen molar-refractivity contribution < 1.29 is 43.2 Å². The van der Waals surface area contributed by atoms with Crippen molar-refractivity contribution in [2.75, 3.05) is 59.3 Å². The largest absolute Gasteiger partial charge is 0.449 e. The molecule has 56 heavy (non-hydrogen) atoms. The number of likely N-dealkylation sites (tertiary alicyclic amines) is 1. The summed E-state index contributed by atoms with van der Waals surface area (Å²) in [4.78, 5) is 58.8. The number of hydrogen-bond donors (Lipinski definition) is 4. The number of nitrogens with zero attached hydrogens (tertiary/aromatic N) is 2. The number of hydrogen-bond acceptors (Lipinski definition) is 11. The van der Waals surface area contributed by atoms with Gasteiger partial charge in [0.15, 0.2) is 0 Å². The van der Waals surface area contributed by atoms with E-state index in [9.17, 15) is 24.3 Å². The number of amides is 4. The first-order chi connectivity index (χ1) is 26.9. The summed E-state index contributed by atoms with van der Waals surface area (Å²) in [6.45, 7) is 9.52. The van der Waals surface area contributed by atoms with Crippen molar-refractivity contribution in [3.63, 3.8) is 0 Å². The molecule has 4 N–H and O–H groups in total. The van der Waals surface area contributed by atoms with E-state index in [1.165, 1.54) is 4.90 Å². The molecule has 2 aliphatic carbocycles. The SMILES string of the molecule is Cc1ncsc1-c1ccc(CNC(=O)[C@@H]2C[C@@H](O)CN2C(=O)[C@@H](NC(=O)COCCOCCOCCNC(=O)OCC2[C@H]3CCC#CCC[C@@H]23)C(C)(C)C)cc1. The number of aromatic nitrogens is 1. The summed E-state index contributed by atoms with van der Waals surface area (Å²) >= 11 is 1.57. The number of fused-ring (bicyclic) bond motifs is 1. The van der Waals surface area contributed by atoms with Crippen LogP contribution in [0.25, 0.3) is 10.4 Å². The molecule has 15 heteroatoms. The molecule has 1 saturated carbocycles. The van der Waals surface area contributed by atoms with Gasteiger partial charge in [-0.25, -0.2) is 9.78 Å². The highest BCUT2D eigenvalue weighted by atomic mass is 32.1. The van der Waals surface area contributed by atoms with Crippen molar-refractivity contribution in [2.45, 2.75) is 84.5 Å². The average Bonchev–Trinajstić information content (AvgIpc) is 3.40. The number of aliphatic hydroxyl groups excluding tert-OH is 1. The Morgan fingerprint density at radius 1 is 0.964 bits per heavy atom. The number of aryl methyl sites for hydroxylation is 1. The number of alkyl carbamates (subject to hydrolysis) is 1. The second-order valence-corrected chi connectivity index (χ2v) is 16.5. The van der Waals surface area contributed by atoms with Gasteiger partial charge in [0.1, 0.15) is 18.7 Å². The first kappa shape index (κ1) is 43.1. The molecule has 1 unspecified atom stereocenters. The van der Waals surface area contributed by atoms with E-state index in [1.54, 1.807) is 11.3 Å². The minimum Gasteiger partial charge on any atom is -0.449 e. The van der Waals surface area contributed by atoms with Crippen molar-refractivity contribution in [3.8, 4) is 22.3 Å². The lowest BCUT2D eigenvalue weighted by Gasteiger charge is -2.35. The van der Waals surface area contributed by atoms with Gasteiger partial charge < -0.3 is 44.9 Å². The Morgan fingerprint density at radius 3 is 2.27 bits per heavy atom. The van der Waals surface area contributed by atoms with Crippen LogP contribution in [0.5, 0.6) is 0 Å². The predicted molar refractivity (Wildman–Crippen MR) is 210 cm³/mol. The van der Waals surface area contributed by atoms with E-state index >= 15 is 0 Å². The van der Waals surface area contributed by atoms with Gasteiger partial charge in [-0.2, -0.15) is 0 Å². The smallest absolute Gasteiger partial charge is 0.407 e. The Labute approximate surface area is 333 Å². The van der Waals surface area contributed by atoms with Crippen LogP contribution >= 0.6 is 11.3 Å². The third-order valence-electron chi connectivity index (χ3n) is 10.5. The van der Waals surface area contributed by atoms with Crippen molar-refractivity contribution in [3.05, 3.63) is 41.0 Å². The zero-order valence-corrected chi connectivity index (χ0v) is 33.8. The average molecular weight is 796 g/mol. The van der Waals surface area contributed by atoms with Crippen LogP contribution in [0, 0.1) is 41.9 Å². The van der Waals surface area contributed by atoms with Crippen molar-refractivity contribution >= 4 is 35.2 Å². The summed E-state index contributed by atoms with van der Waals surface area (Å²) in [5, 5.41) is 18.9. The van der Waals surface area contributed by atoms with Crippen LogP contribution in [0.4, 0.5) is 4.79 Å². The molecule has 3 aliphatic rings.